The quantitative estimate of drug-likeness (QED) is 0.645. The molecule has 13 heavy (non-hydrogen) atoms. The molecule has 0 rings (SSSR count). The van der Waals surface area contributed by atoms with Crippen LogP contribution in [0.2, 0.25) is 0 Å². The van der Waals surface area contributed by atoms with Gasteiger partial charge in [-0.25, -0.2) is 0 Å². The predicted octanol–water partition coefficient (Wildman–Crippen LogP) is 2.34. The van der Waals surface area contributed by atoms with Crippen LogP contribution in [0.1, 0.15) is 34.1 Å². The normalized spacial score (nSPS) is 15.1. The van der Waals surface area contributed by atoms with Crippen molar-refractivity contribution in [2.24, 2.45) is 11.7 Å². The topological polar surface area (TPSA) is 35.2 Å². The first-order valence-corrected chi connectivity index (χ1v) is 5.14. The zero-order valence-corrected chi connectivity index (χ0v) is 9.34. The first kappa shape index (κ1) is 12.7. The molecule has 2 heteroatoms. The van der Waals surface area contributed by atoms with Crippen LogP contribution in [0.25, 0.3) is 0 Å². The Hall–Kier alpha value is -0.340. The fourth-order valence-corrected chi connectivity index (χ4v) is 1.32. The van der Waals surface area contributed by atoms with Crippen LogP contribution in [0.3, 0.4) is 0 Å². The van der Waals surface area contributed by atoms with Gasteiger partial charge in [0, 0.05) is 6.54 Å². The van der Waals surface area contributed by atoms with Gasteiger partial charge in [0.1, 0.15) is 0 Å². The Kier molecular flexibility index (Phi) is 6.92. The van der Waals surface area contributed by atoms with Crippen molar-refractivity contribution in [1.82, 2.24) is 0 Å². The summed E-state index contributed by atoms with van der Waals surface area (Å²) in [6.07, 6.45) is 3.51. The van der Waals surface area contributed by atoms with Crippen LogP contribution in [0.5, 0.6) is 0 Å². The van der Waals surface area contributed by atoms with Gasteiger partial charge < -0.3 is 10.5 Å². The zero-order valence-electron chi connectivity index (χ0n) is 9.34. The fourth-order valence-electron chi connectivity index (χ4n) is 1.32. The van der Waals surface area contributed by atoms with Crippen molar-refractivity contribution in [3.8, 4) is 0 Å². The van der Waals surface area contributed by atoms with E-state index < -0.39 is 0 Å². The first-order valence-electron chi connectivity index (χ1n) is 5.14. The van der Waals surface area contributed by atoms with E-state index in [1.54, 1.807) is 0 Å². The van der Waals surface area contributed by atoms with Crippen LogP contribution in [-0.4, -0.2) is 19.3 Å². The van der Waals surface area contributed by atoms with E-state index in [-0.39, 0.29) is 6.10 Å². The lowest BCUT2D eigenvalue weighted by atomic mass is 9.99. The third-order valence-corrected chi connectivity index (χ3v) is 2.10. The summed E-state index contributed by atoms with van der Waals surface area (Å²) in [4.78, 5) is 0. The van der Waals surface area contributed by atoms with Crippen LogP contribution >= 0.6 is 0 Å². The van der Waals surface area contributed by atoms with Crippen LogP contribution in [0.4, 0.5) is 0 Å². The zero-order chi connectivity index (χ0) is 10.3. The average Bonchev–Trinajstić information content (AvgIpc) is 2.10. The highest BCUT2D eigenvalue weighted by molar-refractivity contribution is 5.06. The number of allylic oxidation sites excluding steroid dienone is 1. The third kappa shape index (κ3) is 5.83. The van der Waals surface area contributed by atoms with Crippen LogP contribution in [-0.2, 0) is 4.74 Å². The van der Waals surface area contributed by atoms with Gasteiger partial charge in [-0.3, -0.25) is 0 Å². The molecule has 0 saturated carbocycles. The first-order chi connectivity index (χ1) is 6.11. The standard InChI is InChI=1S/C11H23NO/c1-5-11(9(2)3)8-10(4)13-7-6-12/h8-10H,5-7,12H2,1-4H3/b11-8+. The molecule has 0 fully saturated rings. The van der Waals surface area contributed by atoms with Crippen LogP contribution in [0, 0.1) is 5.92 Å². The lowest BCUT2D eigenvalue weighted by Gasteiger charge is -2.13. The number of rotatable bonds is 6. The molecule has 0 saturated heterocycles. The minimum atomic E-state index is 0.195. The highest BCUT2D eigenvalue weighted by Gasteiger charge is 2.03. The van der Waals surface area contributed by atoms with Gasteiger partial charge in [0.15, 0.2) is 0 Å². The van der Waals surface area contributed by atoms with Gasteiger partial charge in [-0.05, 0) is 19.3 Å². The van der Waals surface area contributed by atoms with E-state index in [1.165, 1.54) is 5.57 Å². The maximum Gasteiger partial charge on any atom is 0.0731 e. The molecule has 1 atom stereocenters. The van der Waals surface area contributed by atoms with Gasteiger partial charge in [0.2, 0.25) is 0 Å². The molecule has 0 aliphatic carbocycles. The Morgan fingerprint density at radius 3 is 2.38 bits per heavy atom. The van der Waals surface area contributed by atoms with Crippen molar-refractivity contribution in [3.05, 3.63) is 11.6 Å². The Bertz CT molecular complexity index is 152. The second-order valence-corrected chi connectivity index (χ2v) is 3.61. The predicted molar refractivity (Wildman–Crippen MR) is 57.7 cm³/mol. The molecule has 0 spiro atoms. The fraction of sp³-hybridized carbons (Fsp3) is 0.818. The number of hydrogen-bond acceptors (Lipinski definition) is 2. The van der Waals surface area contributed by atoms with Crippen molar-refractivity contribution in [3.63, 3.8) is 0 Å². The van der Waals surface area contributed by atoms with Gasteiger partial charge in [-0.2, -0.15) is 0 Å². The van der Waals surface area contributed by atoms with E-state index >= 15 is 0 Å². The molecule has 78 valence electrons. The Labute approximate surface area is 82.2 Å². The monoisotopic (exact) mass is 185 g/mol. The van der Waals surface area contributed by atoms with Gasteiger partial charge in [0.05, 0.1) is 12.7 Å². The molecule has 0 amide bonds. The minimum absolute atomic E-state index is 0.195. The summed E-state index contributed by atoms with van der Waals surface area (Å²) in [5.41, 5.74) is 6.82. The molecular formula is C11H23NO. The van der Waals surface area contributed by atoms with Crippen molar-refractivity contribution in [2.75, 3.05) is 13.2 Å². The van der Waals surface area contributed by atoms with E-state index in [9.17, 15) is 0 Å². The summed E-state index contributed by atoms with van der Waals surface area (Å²) < 4.78 is 5.47. The summed E-state index contributed by atoms with van der Waals surface area (Å²) in [6.45, 7) is 9.92. The van der Waals surface area contributed by atoms with Crippen LogP contribution < -0.4 is 5.73 Å². The second kappa shape index (κ2) is 7.10. The molecule has 1 unspecified atom stereocenters. The van der Waals surface area contributed by atoms with Gasteiger partial charge in [-0.15, -0.1) is 0 Å². The molecular weight excluding hydrogens is 162 g/mol. The van der Waals surface area contributed by atoms with Crippen molar-refractivity contribution in [2.45, 2.75) is 40.2 Å². The summed E-state index contributed by atoms with van der Waals surface area (Å²) in [7, 11) is 0. The largest absolute Gasteiger partial charge is 0.373 e. The summed E-state index contributed by atoms with van der Waals surface area (Å²) in [5.74, 6) is 0.619. The number of hydrogen-bond donors (Lipinski definition) is 1. The van der Waals surface area contributed by atoms with E-state index in [1.807, 2.05) is 0 Å². The lowest BCUT2D eigenvalue weighted by Crippen LogP contribution is -2.14. The third-order valence-electron chi connectivity index (χ3n) is 2.10. The minimum Gasteiger partial charge on any atom is -0.373 e. The SMILES string of the molecule is CC/C(=C\C(C)OCCN)C(C)C. The Morgan fingerprint density at radius 2 is 2.00 bits per heavy atom. The van der Waals surface area contributed by atoms with Crippen molar-refractivity contribution >= 4 is 0 Å². The highest BCUT2D eigenvalue weighted by atomic mass is 16.5. The lowest BCUT2D eigenvalue weighted by molar-refractivity contribution is 0.103. The van der Waals surface area contributed by atoms with Crippen molar-refractivity contribution < 1.29 is 4.74 Å². The molecule has 0 aromatic carbocycles. The highest BCUT2D eigenvalue weighted by Crippen LogP contribution is 2.14. The van der Waals surface area contributed by atoms with E-state index in [2.05, 4.69) is 33.8 Å². The molecule has 0 radical (unpaired) electrons. The maximum absolute atomic E-state index is 5.47. The van der Waals surface area contributed by atoms with E-state index in [4.69, 9.17) is 10.5 Å². The molecule has 2 nitrogen and oxygen atoms in total. The van der Waals surface area contributed by atoms with E-state index in [0.29, 0.717) is 19.1 Å². The van der Waals surface area contributed by atoms with Gasteiger partial charge in [0.25, 0.3) is 0 Å². The number of ether oxygens (including phenoxy) is 1. The molecule has 0 aromatic heterocycles. The van der Waals surface area contributed by atoms with E-state index in [0.717, 1.165) is 6.42 Å². The van der Waals surface area contributed by atoms with Gasteiger partial charge in [-0.1, -0.05) is 32.4 Å². The molecule has 0 heterocycles. The molecule has 0 aromatic rings. The molecule has 0 aliphatic heterocycles. The molecule has 0 aliphatic rings. The van der Waals surface area contributed by atoms with Gasteiger partial charge >= 0.3 is 0 Å². The average molecular weight is 185 g/mol. The maximum atomic E-state index is 5.47. The Morgan fingerprint density at radius 1 is 1.38 bits per heavy atom. The molecule has 2 N–H and O–H groups in total. The second-order valence-electron chi connectivity index (χ2n) is 3.61. The smallest absolute Gasteiger partial charge is 0.0731 e. The number of nitrogens with two attached hydrogens (primary N) is 1. The van der Waals surface area contributed by atoms with Crippen molar-refractivity contribution in [1.29, 1.82) is 0 Å². The summed E-state index contributed by atoms with van der Waals surface area (Å²) in [6, 6.07) is 0. The molecule has 0 bridgehead atoms. The Balaban J connectivity index is 4.00. The van der Waals surface area contributed by atoms with Crippen LogP contribution in [0.15, 0.2) is 11.6 Å². The summed E-state index contributed by atoms with van der Waals surface area (Å²) >= 11 is 0. The summed E-state index contributed by atoms with van der Waals surface area (Å²) in [5, 5.41) is 0.